The van der Waals surface area contributed by atoms with E-state index >= 15 is 0 Å². The van der Waals surface area contributed by atoms with Gasteiger partial charge in [0.05, 0.1) is 18.8 Å². The van der Waals surface area contributed by atoms with Gasteiger partial charge in [0.2, 0.25) is 0 Å². The molecular formula is C19H23NO4. The molecule has 24 heavy (non-hydrogen) atoms. The summed E-state index contributed by atoms with van der Waals surface area (Å²) >= 11 is 0. The number of carbonyl (C=O) groups excluding carboxylic acids is 1. The molecule has 1 heterocycles. The van der Waals surface area contributed by atoms with E-state index in [4.69, 9.17) is 14.2 Å². The highest BCUT2D eigenvalue weighted by Crippen LogP contribution is 2.22. The molecule has 0 radical (unpaired) electrons. The van der Waals surface area contributed by atoms with Crippen LogP contribution in [-0.2, 0) is 14.3 Å². The Labute approximate surface area is 142 Å². The fourth-order valence-corrected chi connectivity index (χ4v) is 3.19. The Hall–Kier alpha value is -2.11. The molecule has 2 atom stereocenters. The summed E-state index contributed by atoms with van der Waals surface area (Å²) in [6, 6.07) is 14.0. The van der Waals surface area contributed by atoms with Gasteiger partial charge >= 0.3 is 0 Å². The number of ether oxygens (including phenoxy) is 3. The lowest BCUT2D eigenvalue weighted by atomic mass is 10.1. The van der Waals surface area contributed by atoms with Gasteiger partial charge in [0.25, 0.3) is 5.91 Å². The van der Waals surface area contributed by atoms with Gasteiger partial charge in [0, 0.05) is 20.8 Å². The van der Waals surface area contributed by atoms with Gasteiger partial charge < -0.3 is 19.1 Å². The number of hydrogen-bond acceptors (Lipinski definition) is 4. The highest BCUT2D eigenvalue weighted by Gasteiger charge is 2.35. The molecule has 1 aliphatic heterocycles. The van der Waals surface area contributed by atoms with Crippen LogP contribution < -0.4 is 4.74 Å². The minimum Gasteiger partial charge on any atom is -0.484 e. The number of rotatable bonds is 6. The average Bonchev–Trinajstić information content (AvgIpc) is 3.03. The van der Waals surface area contributed by atoms with Crippen LogP contribution in [-0.4, -0.2) is 56.9 Å². The van der Waals surface area contributed by atoms with Crippen LogP contribution in [0, 0.1) is 0 Å². The minimum atomic E-state index is -0.0373. The van der Waals surface area contributed by atoms with Gasteiger partial charge in [-0.1, -0.05) is 30.3 Å². The molecule has 0 unspecified atom stereocenters. The Morgan fingerprint density at radius 1 is 1.17 bits per heavy atom. The predicted molar refractivity (Wildman–Crippen MR) is 92.2 cm³/mol. The van der Waals surface area contributed by atoms with Crippen molar-refractivity contribution in [2.75, 3.05) is 34.0 Å². The van der Waals surface area contributed by atoms with Crippen LogP contribution in [0.15, 0.2) is 42.5 Å². The van der Waals surface area contributed by atoms with E-state index in [0.29, 0.717) is 18.9 Å². The Balaban J connectivity index is 1.63. The van der Waals surface area contributed by atoms with Crippen molar-refractivity contribution in [3.05, 3.63) is 42.5 Å². The topological polar surface area (TPSA) is 48.0 Å². The third-order valence-electron chi connectivity index (χ3n) is 4.47. The second-order valence-corrected chi connectivity index (χ2v) is 6.05. The lowest BCUT2D eigenvalue weighted by Crippen LogP contribution is -2.41. The first-order chi connectivity index (χ1) is 11.7. The highest BCUT2D eigenvalue weighted by molar-refractivity contribution is 5.84. The van der Waals surface area contributed by atoms with E-state index in [2.05, 4.69) is 6.07 Å². The summed E-state index contributed by atoms with van der Waals surface area (Å²) in [5, 5.41) is 2.25. The van der Waals surface area contributed by atoms with E-state index in [1.165, 1.54) is 0 Å². The molecule has 3 rings (SSSR count). The summed E-state index contributed by atoms with van der Waals surface area (Å²) in [5.41, 5.74) is 0. The van der Waals surface area contributed by atoms with Crippen molar-refractivity contribution < 1.29 is 19.0 Å². The van der Waals surface area contributed by atoms with Gasteiger partial charge in [-0.05, 0) is 29.3 Å². The van der Waals surface area contributed by atoms with Crippen LogP contribution in [0.2, 0.25) is 0 Å². The molecule has 0 bridgehead atoms. The maximum atomic E-state index is 12.5. The molecule has 5 nitrogen and oxygen atoms in total. The normalized spacial score (nSPS) is 20.5. The van der Waals surface area contributed by atoms with Crippen molar-refractivity contribution in [1.29, 1.82) is 0 Å². The zero-order valence-electron chi connectivity index (χ0n) is 14.1. The largest absolute Gasteiger partial charge is 0.484 e. The molecule has 1 saturated heterocycles. The summed E-state index contributed by atoms with van der Waals surface area (Å²) < 4.78 is 16.3. The van der Waals surface area contributed by atoms with Gasteiger partial charge in [-0.25, -0.2) is 0 Å². The number of hydrogen-bond donors (Lipinski definition) is 0. The van der Waals surface area contributed by atoms with Gasteiger partial charge in [0.15, 0.2) is 6.61 Å². The van der Waals surface area contributed by atoms with Gasteiger partial charge in [-0.3, -0.25) is 4.79 Å². The first kappa shape index (κ1) is 16.7. The van der Waals surface area contributed by atoms with E-state index in [0.717, 1.165) is 17.2 Å². The second kappa shape index (κ2) is 7.64. The number of methoxy groups -OCH3 is 2. The van der Waals surface area contributed by atoms with Crippen LogP contribution in [0.1, 0.15) is 6.42 Å². The molecule has 1 aliphatic rings. The second-order valence-electron chi connectivity index (χ2n) is 6.05. The van der Waals surface area contributed by atoms with Crippen LogP contribution in [0.3, 0.4) is 0 Å². The van der Waals surface area contributed by atoms with Gasteiger partial charge in [-0.15, -0.1) is 0 Å². The van der Waals surface area contributed by atoms with Crippen molar-refractivity contribution in [2.24, 2.45) is 0 Å². The smallest absolute Gasteiger partial charge is 0.260 e. The molecule has 2 aromatic rings. The van der Waals surface area contributed by atoms with Crippen LogP contribution in [0.4, 0.5) is 0 Å². The van der Waals surface area contributed by atoms with Crippen molar-refractivity contribution in [3.8, 4) is 5.75 Å². The van der Waals surface area contributed by atoms with Crippen molar-refractivity contribution in [3.63, 3.8) is 0 Å². The van der Waals surface area contributed by atoms with E-state index in [1.807, 2.05) is 36.4 Å². The third kappa shape index (κ3) is 3.68. The average molecular weight is 329 g/mol. The quantitative estimate of drug-likeness (QED) is 0.817. The standard InChI is InChI=1S/C19H23NO4/c1-22-12-16-10-18(23-2)11-20(16)19(21)13-24-17-8-7-14-5-3-4-6-15(14)9-17/h3-9,16,18H,10-13H2,1-2H3/t16-,18+/m0/s1. The molecule has 1 fully saturated rings. The first-order valence-electron chi connectivity index (χ1n) is 8.14. The number of benzene rings is 2. The number of fused-ring (bicyclic) bond motifs is 1. The Morgan fingerprint density at radius 3 is 2.71 bits per heavy atom. The maximum absolute atomic E-state index is 12.5. The monoisotopic (exact) mass is 329 g/mol. The summed E-state index contributed by atoms with van der Waals surface area (Å²) in [6.45, 7) is 1.13. The van der Waals surface area contributed by atoms with Crippen molar-refractivity contribution >= 4 is 16.7 Å². The maximum Gasteiger partial charge on any atom is 0.260 e. The number of carbonyl (C=O) groups is 1. The lowest BCUT2D eigenvalue weighted by Gasteiger charge is -2.23. The summed E-state index contributed by atoms with van der Waals surface area (Å²) in [7, 11) is 3.32. The van der Waals surface area contributed by atoms with Gasteiger partial charge in [-0.2, -0.15) is 0 Å². The van der Waals surface area contributed by atoms with Crippen LogP contribution in [0.25, 0.3) is 10.8 Å². The minimum absolute atomic E-state index is 0.0228. The van der Waals surface area contributed by atoms with Crippen LogP contribution in [0.5, 0.6) is 5.75 Å². The van der Waals surface area contributed by atoms with Crippen molar-refractivity contribution in [1.82, 2.24) is 4.90 Å². The molecule has 2 aromatic carbocycles. The summed E-state index contributed by atoms with van der Waals surface area (Å²) in [4.78, 5) is 14.3. The molecule has 0 aromatic heterocycles. The molecule has 0 saturated carbocycles. The lowest BCUT2D eigenvalue weighted by molar-refractivity contribution is -0.135. The fraction of sp³-hybridized carbons (Fsp3) is 0.421. The predicted octanol–water partition coefficient (Wildman–Crippen LogP) is 2.48. The molecule has 0 aliphatic carbocycles. The number of likely N-dealkylation sites (tertiary alicyclic amines) is 1. The Morgan fingerprint density at radius 2 is 1.96 bits per heavy atom. The van der Waals surface area contributed by atoms with Crippen LogP contribution >= 0.6 is 0 Å². The summed E-state index contributed by atoms with van der Waals surface area (Å²) in [6.07, 6.45) is 0.862. The van der Waals surface area contributed by atoms with Gasteiger partial charge in [0.1, 0.15) is 5.75 Å². The molecule has 128 valence electrons. The number of nitrogens with zero attached hydrogens (tertiary/aromatic N) is 1. The first-order valence-corrected chi connectivity index (χ1v) is 8.14. The molecular weight excluding hydrogens is 306 g/mol. The zero-order chi connectivity index (χ0) is 16.9. The van der Waals surface area contributed by atoms with Crippen molar-refractivity contribution in [2.45, 2.75) is 18.6 Å². The number of amides is 1. The Kier molecular flexibility index (Phi) is 5.33. The highest BCUT2D eigenvalue weighted by atomic mass is 16.5. The molecule has 5 heteroatoms. The van der Waals surface area contributed by atoms with E-state index in [9.17, 15) is 4.79 Å². The molecule has 0 spiro atoms. The van der Waals surface area contributed by atoms with E-state index < -0.39 is 0 Å². The molecule has 0 N–H and O–H groups in total. The molecule has 1 amide bonds. The van der Waals surface area contributed by atoms with E-state index in [1.54, 1.807) is 19.1 Å². The van der Waals surface area contributed by atoms with E-state index in [-0.39, 0.29) is 24.7 Å². The fourth-order valence-electron chi connectivity index (χ4n) is 3.19. The Bertz CT molecular complexity index is 703. The third-order valence-corrected chi connectivity index (χ3v) is 4.47. The summed E-state index contributed by atoms with van der Waals surface area (Å²) in [5.74, 6) is 0.664. The SMILES string of the molecule is COC[C@@H]1C[C@@H](OC)CN1C(=O)COc1ccc2ccccc2c1. The zero-order valence-corrected chi connectivity index (χ0v) is 14.1.